The first-order chi connectivity index (χ1) is 4.43. The molecule has 0 spiro atoms. The van der Waals surface area contributed by atoms with Crippen LogP contribution >= 0.6 is 11.3 Å². The van der Waals surface area contributed by atoms with Crippen molar-refractivity contribution in [2.75, 3.05) is 0 Å². The van der Waals surface area contributed by atoms with E-state index >= 15 is 0 Å². The topological polar surface area (TPSA) is 23.8 Å². The van der Waals surface area contributed by atoms with Crippen molar-refractivity contribution in [3.63, 3.8) is 0 Å². The number of hydrogen-bond donors (Lipinski definition) is 0. The van der Waals surface area contributed by atoms with Crippen LogP contribution in [0.15, 0.2) is 17.5 Å². The standard InChI is InChI=1S/C4H3S.CHN.CH3.Cu/c1-2-4-5-3-1;1-2;;/h1-3H;1H;1H3;. The minimum absolute atomic E-state index is 1.38. The molecule has 0 aromatic carbocycles. The number of nitrogens with zero attached hydrogens (tertiary/aromatic N) is 1. The molecule has 1 aromatic heterocycles. The van der Waals surface area contributed by atoms with Gasteiger partial charge in [-0.3, -0.25) is 0 Å². The van der Waals surface area contributed by atoms with Gasteiger partial charge in [-0.1, -0.05) is 0 Å². The van der Waals surface area contributed by atoms with Gasteiger partial charge in [0.2, 0.25) is 0 Å². The molecular formula is C6H7CuNS. The second-order valence-corrected chi connectivity index (χ2v) is 3.22. The molecule has 0 aliphatic rings. The Balaban J connectivity index is 0.000000291. The number of thiophene rings is 1. The van der Waals surface area contributed by atoms with Gasteiger partial charge in [-0.2, -0.15) is 0 Å². The fourth-order valence-electron chi connectivity index (χ4n) is 0.332. The van der Waals surface area contributed by atoms with Crippen molar-refractivity contribution in [2.45, 2.75) is 5.82 Å². The first kappa shape index (κ1) is 8.71. The third-order valence-electron chi connectivity index (χ3n) is 0.613. The predicted molar refractivity (Wildman–Crippen MR) is 36.5 cm³/mol. The third-order valence-corrected chi connectivity index (χ3v) is 2.71. The van der Waals surface area contributed by atoms with Crippen LogP contribution in [0.5, 0.6) is 0 Å². The molecule has 0 aliphatic carbocycles. The second-order valence-electron chi connectivity index (χ2n) is 1.03. The molecule has 53 valence electrons. The molecule has 1 aromatic rings. The van der Waals surface area contributed by atoms with E-state index in [0.29, 0.717) is 0 Å². The summed E-state index contributed by atoms with van der Waals surface area (Å²) in [4.78, 5) is 0. The third kappa shape index (κ3) is 3.31. The molecule has 3 heteroatoms. The van der Waals surface area contributed by atoms with Gasteiger partial charge in [-0.05, 0) is 0 Å². The van der Waals surface area contributed by atoms with Crippen molar-refractivity contribution < 1.29 is 15.0 Å². The Hall–Kier alpha value is -0.291. The molecule has 0 saturated carbocycles. The maximum atomic E-state index is 6.50. The van der Waals surface area contributed by atoms with Crippen LogP contribution in [0, 0.1) is 11.8 Å². The Morgan fingerprint density at radius 1 is 1.67 bits per heavy atom. The Kier molecular flexibility index (Phi) is 5.65. The molecule has 1 nitrogen and oxygen atoms in total. The minimum atomic E-state index is 1.38. The Morgan fingerprint density at radius 3 is 2.56 bits per heavy atom. The first-order valence-electron chi connectivity index (χ1n) is 2.11. The van der Waals surface area contributed by atoms with E-state index in [1.54, 1.807) is 11.3 Å². The molecule has 1 rings (SSSR count). The quantitative estimate of drug-likeness (QED) is 0.615. The molecular weight excluding hydrogens is 182 g/mol. The van der Waals surface area contributed by atoms with Gasteiger partial charge in [0, 0.05) is 6.57 Å². The van der Waals surface area contributed by atoms with Gasteiger partial charge in [0.15, 0.2) is 0 Å². The van der Waals surface area contributed by atoms with Crippen molar-refractivity contribution in [3.05, 3.63) is 17.5 Å². The summed E-state index contributed by atoms with van der Waals surface area (Å²) in [5.41, 5.74) is 0. The maximum absolute atomic E-state index is 6.50. The number of hydrogen-bond acceptors (Lipinski definition) is 2. The Morgan fingerprint density at radius 2 is 2.33 bits per heavy atom. The summed E-state index contributed by atoms with van der Waals surface area (Å²) in [6.07, 6.45) is 0. The zero-order valence-electron chi connectivity index (χ0n) is 4.97. The molecule has 0 radical (unpaired) electrons. The fourth-order valence-corrected chi connectivity index (χ4v) is 1.61. The average Bonchev–Trinajstić information content (AvgIpc) is 2.43. The normalized spacial score (nSPS) is 7.89. The van der Waals surface area contributed by atoms with Crippen LogP contribution in [0.4, 0.5) is 0 Å². The fraction of sp³-hybridized carbons (Fsp3) is 0.167. The molecule has 0 unspecified atom stereocenters. The van der Waals surface area contributed by atoms with Crippen LogP contribution in [-0.4, -0.2) is 0 Å². The van der Waals surface area contributed by atoms with E-state index in [2.05, 4.69) is 29.9 Å². The van der Waals surface area contributed by atoms with Gasteiger partial charge in [-0.25, -0.2) is 5.26 Å². The van der Waals surface area contributed by atoms with Gasteiger partial charge in [0.1, 0.15) is 0 Å². The van der Waals surface area contributed by atoms with Crippen LogP contribution < -0.4 is 3.78 Å². The Labute approximate surface area is 65.5 Å². The van der Waals surface area contributed by atoms with Crippen molar-refractivity contribution in [1.29, 1.82) is 5.26 Å². The van der Waals surface area contributed by atoms with Crippen molar-refractivity contribution in [3.8, 4) is 6.57 Å². The molecule has 0 aliphatic heterocycles. The van der Waals surface area contributed by atoms with Gasteiger partial charge in [0.05, 0.1) is 0 Å². The van der Waals surface area contributed by atoms with E-state index in [0.717, 1.165) is 0 Å². The number of rotatable bonds is 1. The van der Waals surface area contributed by atoms with E-state index < -0.39 is 0 Å². The molecule has 0 atom stereocenters. The van der Waals surface area contributed by atoms with E-state index in [-0.39, 0.29) is 0 Å². The van der Waals surface area contributed by atoms with E-state index in [4.69, 9.17) is 5.26 Å². The molecule has 0 saturated heterocycles. The molecule has 1 heterocycles. The van der Waals surface area contributed by atoms with Crippen LogP contribution in [-0.2, 0) is 15.0 Å². The van der Waals surface area contributed by atoms with Gasteiger partial charge >= 0.3 is 53.4 Å². The summed E-state index contributed by atoms with van der Waals surface area (Å²) in [7, 11) is 0. The SMILES string of the molecule is C#N.[CH3][Cu][c]1cccs1. The van der Waals surface area contributed by atoms with Crippen LogP contribution in [0.1, 0.15) is 0 Å². The average molecular weight is 189 g/mol. The van der Waals surface area contributed by atoms with Crippen LogP contribution in [0.25, 0.3) is 0 Å². The van der Waals surface area contributed by atoms with Gasteiger partial charge < -0.3 is 0 Å². The molecule has 9 heavy (non-hydrogen) atoms. The summed E-state index contributed by atoms with van der Waals surface area (Å²) in [6.45, 7) is 3.50. The summed E-state index contributed by atoms with van der Waals surface area (Å²) >= 11 is 3.65. The Bertz CT molecular complexity index is 157. The first-order valence-corrected chi connectivity index (χ1v) is 4.40. The van der Waals surface area contributed by atoms with E-state index in [1.165, 1.54) is 3.78 Å². The van der Waals surface area contributed by atoms with Crippen molar-refractivity contribution in [2.24, 2.45) is 0 Å². The monoisotopic (exact) mass is 188 g/mol. The molecule has 0 amide bonds. The van der Waals surface area contributed by atoms with E-state index in [9.17, 15) is 0 Å². The van der Waals surface area contributed by atoms with Crippen LogP contribution in [0.3, 0.4) is 0 Å². The zero-order valence-corrected chi connectivity index (χ0v) is 6.72. The predicted octanol–water partition coefficient (Wildman–Crippen LogP) is 1.64. The van der Waals surface area contributed by atoms with Gasteiger partial charge in [-0.15, -0.1) is 0 Å². The second kappa shape index (κ2) is 5.84. The zero-order chi connectivity index (χ0) is 7.11. The summed E-state index contributed by atoms with van der Waals surface area (Å²) < 4.78 is 1.38. The van der Waals surface area contributed by atoms with Crippen LogP contribution in [0.2, 0.25) is 5.82 Å². The summed E-state index contributed by atoms with van der Waals surface area (Å²) in [5, 5.41) is 8.59. The van der Waals surface area contributed by atoms with Crippen molar-refractivity contribution >= 4 is 15.1 Å². The van der Waals surface area contributed by atoms with Gasteiger partial charge in [0.25, 0.3) is 0 Å². The van der Waals surface area contributed by atoms with Crippen molar-refractivity contribution in [1.82, 2.24) is 0 Å². The molecule has 0 fully saturated rings. The molecule has 0 bridgehead atoms. The van der Waals surface area contributed by atoms with E-state index in [1.807, 2.05) is 15.0 Å². The molecule has 0 N–H and O–H groups in total. The number of nitriles is 1. The summed E-state index contributed by atoms with van der Waals surface area (Å²) in [6, 6.07) is 4.18. The summed E-state index contributed by atoms with van der Waals surface area (Å²) in [5.74, 6) is 2.08.